The van der Waals surface area contributed by atoms with Crippen LogP contribution in [0.4, 0.5) is 10.9 Å². The summed E-state index contributed by atoms with van der Waals surface area (Å²) in [7, 11) is 0. The summed E-state index contributed by atoms with van der Waals surface area (Å²) in [6, 6.07) is 0.273. The lowest BCUT2D eigenvalue weighted by atomic mass is 9.80. The number of anilines is 2. The number of aromatic nitrogens is 1. The van der Waals surface area contributed by atoms with E-state index in [1.807, 2.05) is 13.8 Å². The van der Waals surface area contributed by atoms with Crippen LogP contribution in [0.15, 0.2) is 0 Å². The van der Waals surface area contributed by atoms with Gasteiger partial charge in [0.15, 0.2) is 5.13 Å². The van der Waals surface area contributed by atoms with Gasteiger partial charge in [-0.2, -0.15) is 0 Å². The van der Waals surface area contributed by atoms with Gasteiger partial charge in [-0.05, 0) is 32.1 Å². The fourth-order valence-electron chi connectivity index (χ4n) is 2.80. The molecule has 0 aromatic carbocycles. The molecule has 4 N–H and O–H groups in total. The molecule has 1 fully saturated rings. The third-order valence-corrected chi connectivity index (χ3v) is 5.09. The van der Waals surface area contributed by atoms with Crippen LogP contribution in [0.5, 0.6) is 0 Å². The standard InChI is InChI=1S/C15H26N4OS/c1-9(2)18-15-19-13(16)12(21-15)14(20)17-8-11-7-5-4-6-10(11)3/h9-11H,4-8,16H2,1-3H3,(H,17,20)(H,18,19). The van der Waals surface area contributed by atoms with Gasteiger partial charge in [-0.3, -0.25) is 4.79 Å². The molecule has 2 rings (SSSR count). The molecule has 0 radical (unpaired) electrons. The molecule has 1 aliphatic rings. The van der Waals surface area contributed by atoms with E-state index in [4.69, 9.17) is 5.73 Å². The van der Waals surface area contributed by atoms with Crippen LogP contribution in [0.1, 0.15) is 56.1 Å². The number of thiazole rings is 1. The summed E-state index contributed by atoms with van der Waals surface area (Å²) in [6.07, 6.45) is 5.07. The van der Waals surface area contributed by atoms with Crippen LogP contribution >= 0.6 is 11.3 Å². The van der Waals surface area contributed by atoms with Crippen molar-refractivity contribution in [3.8, 4) is 0 Å². The molecular weight excluding hydrogens is 284 g/mol. The molecule has 5 nitrogen and oxygen atoms in total. The molecule has 1 aromatic rings. The first kappa shape index (κ1) is 16.1. The number of hydrogen-bond acceptors (Lipinski definition) is 5. The maximum Gasteiger partial charge on any atom is 0.265 e. The van der Waals surface area contributed by atoms with Gasteiger partial charge in [-0.25, -0.2) is 4.98 Å². The largest absolute Gasteiger partial charge is 0.382 e. The second-order valence-corrected chi connectivity index (χ2v) is 7.26. The van der Waals surface area contributed by atoms with Crippen molar-refractivity contribution in [2.75, 3.05) is 17.6 Å². The molecule has 118 valence electrons. The number of rotatable bonds is 5. The average molecular weight is 310 g/mol. The summed E-state index contributed by atoms with van der Waals surface area (Å²) in [4.78, 5) is 17.0. The van der Waals surface area contributed by atoms with Gasteiger partial charge >= 0.3 is 0 Å². The topological polar surface area (TPSA) is 80.0 Å². The fraction of sp³-hybridized carbons (Fsp3) is 0.733. The Morgan fingerprint density at radius 1 is 1.43 bits per heavy atom. The van der Waals surface area contributed by atoms with Crippen LogP contribution < -0.4 is 16.4 Å². The minimum absolute atomic E-state index is 0.0976. The highest BCUT2D eigenvalue weighted by Gasteiger charge is 2.23. The third kappa shape index (κ3) is 4.33. The van der Waals surface area contributed by atoms with Crippen molar-refractivity contribution in [3.05, 3.63) is 4.88 Å². The van der Waals surface area contributed by atoms with Gasteiger partial charge in [0.1, 0.15) is 10.7 Å². The first-order valence-electron chi connectivity index (χ1n) is 7.78. The summed E-state index contributed by atoms with van der Waals surface area (Å²) in [6.45, 7) is 7.08. The minimum Gasteiger partial charge on any atom is -0.382 e. The third-order valence-electron chi connectivity index (χ3n) is 4.09. The van der Waals surface area contributed by atoms with Crippen molar-refractivity contribution >= 4 is 28.2 Å². The number of nitrogens with one attached hydrogen (secondary N) is 2. The quantitative estimate of drug-likeness (QED) is 0.780. The molecule has 0 saturated heterocycles. The van der Waals surface area contributed by atoms with E-state index >= 15 is 0 Å². The Morgan fingerprint density at radius 2 is 2.14 bits per heavy atom. The Morgan fingerprint density at radius 3 is 2.81 bits per heavy atom. The summed E-state index contributed by atoms with van der Waals surface area (Å²) in [5, 5.41) is 6.92. The average Bonchev–Trinajstić information content (AvgIpc) is 2.77. The predicted molar refractivity (Wildman–Crippen MR) is 88.7 cm³/mol. The van der Waals surface area contributed by atoms with E-state index in [1.54, 1.807) is 0 Å². The molecule has 0 bridgehead atoms. The van der Waals surface area contributed by atoms with Gasteiger partial charge in [-0.1, -0.05) is 37.5 Å². The van der Waals surface area contributed by atoms with Crippen LogP contribution in [0.2, 0.25) is 0 Å². The number of carbonyl (C=O) groups is 1. The summed E-state index contributed by atoms with van der Waals surface area (Å²) in [5.74, 6) is 1.50. The maximum atomic E-state index is 12.3. The lowest BCUT2D eigenvalue weighted by Crippen LogP contribution is -2.33. The second-order valence-electron chi connectivity index (χ2n) is 6.26. The van der Waals surface area contributed by atoms with Crippen LogP contribution in [0.3, 0.4) is 0 Å². The number of hydrogen-bond donors (Lipinski definition) is 3. The Kier molecular flexibility index (Phi) is 5.45. The lowest BCUT2D eigenvalue weighted by Gasteiger charge is -2.28. The normalized spacial score (nSPS) is 22.3. The molecule has 2 atom stereocenters. The summed E-state index contributed by atoms with van der Waals surface area (Å²) >= 11 is 1.32. The number of carbonyl (C=O) groups excluding carboxylic acids is 1. The Labute approximate surface area is 130 Å². The van der Waals surface area contributed by atoms with E-state index in [-0.39, 0.29) is 11.9 Å². The highest BCUT2D eigenvalue weighted by atomic mass is 32.1. The zero-order valence-electron chi connectivity index (χ0n) is 13.1. The Bertz CT molecular complexity index is 486. The monoisotopic (exact) mass is 310 g/mol. The molecular formula is C15H26N4OS. The van der Waals surface area contributed by atoms with Gasteiger partial charge in [-0.15, -0.1) is 0 Å². The smallest absolute Gasteiger partial charge is 0.265 e. The highest BCUT2D eigenvalue weighted by molar-refractivity contribution is 7.18. The maximum absolute atomic E-state index is 12.3. The van der Waals surface area contributed by atoms with E-state index < -0.39 is 0 Å². The predicted octanol–water partition coefficient (Wildman–Crippen LogP) is 3.10. The Balaban J connectivity index is 1.92. The zero-order valence-corrected chi connectivity index (χ0v) is 13.9. The van der Waals surface area contributed by atoms with Crippen LogP contribution in [0, 0.1) is 11.8 Å². The van der Waals surface area contributed by atoms with Gasteiger partial charge in [0.05, 0.1) is 0 Å². The van der Waals surface area contributed by atoms with Gasteiger partial charge < -0.3 is 16.4 Å². The zero-order chi connectivity index (χ0) is 15.4. The first-order valence-corrected chi connectivity index (χ1v) is 8.60. The van der Waals surface area contributed by atoms with Crippen molar-refractivity contribution in [2.24, 2.45) is 11.8 Å². The molecule has 1 amide bonds. The van der Waals surface area contributed by atoms with E-state index in [1.165, 1.54) is 37.0 Å². The molecule has 6 heteroatoms. The lowest BCUT2D eigenvalue weighted by molar-refractivity contribution is 0.0941. The van der Waals surface area contributed by atoms with Crippen LogP contribution in [-0.2, 0) is 0 Å². The van der Waals surface area contributed by atoms with E-state index in [0.717, 1.165) is 6.54 Å². The molecule has 1 aromatic heterocycles. The van der Waals surface area contributed by atoms with Crippen molar-refractivity contribution in [2.45, 2.75) is 52.5 Å². The summed E-state index contributed by atoms with van der Waals surface area (Å²) in [5.41, 5.74) is 5.85. The Hall–Kier alpha value is -1.30. The van der Waals surface area contributed by atoms with Crippen LogP contribution in [0.25, 0.3) is 0 Å². The molecule has 1 saturated carbocycles. The second kappa shape index (κ2) is 7.11. The first-order chi connectivity index (χ1) is 9.97. The SMILES string of the molecule is CC(C)Nc1nc(N)c(C(=O)NCC2CCCCC2C)s1. The van der Waals surface area contributed by atoms with Gasteiger partial charge in [0, 0.05) is 12.6 Å². The molecule has 1 heterocycles. The highest BCUT2D eigenvalue weighted by Crippen LogP contribution is 2.29. The molecule has 1 aliphatic carbocycles. The molecule has 2 unspecified atom stereocenters. The van der Waals surface area contributed by atoms with Crippen molar-refractivity contribution in [3.63, 3.8) is 0 Å². The number of nitrogens with two attached hydrogens (primary N) is 1. The van der Waals surface area contributed by atoms with E-state index in [9.17, 15) is 4.79 Å². The molecule has 21 heavy (non-hydrogen) atoms. The van der Waals surface area contributed by atoms with Crippen molar-refractivity contribution < 1.29 is 4.79 Å². The van der Waals surface area contributed by atoms with Crippen molar-refractivity contribution in [1.29, 1.82) is 0 Å². The fourth-order valence-corrected chi connectivity index (χ4v) is 3.75. The molecule has 0 aliphatic heterocycles. The minimum atomic E-state index is -0.0976. The molecule has 0 spiro atoms. The van der Waals surface area contributed by atoms with Gasteiger partial charge in [0.2, 0.25) is 0 Å². The van der Waals surface area contributed by atoms with Gasteiger partial charge in [0.25, 0.3) is 5.91 Å². The van der Waals surface area contributed by atoms with E-state index in [2.05, 4.69) is 22.5 Å². The number of amides is 1. The van der Waals surface area contributed by atoms with Crippen LogP contribution in [-0.4, -0.2) is 23.5 Å². The number of nitrogen functional groups attached to an aromatic ring is 1. The van der Waals surface area contributed by atoms with E-state index in [0.29, 0.717) is 27.7 Å². The van der Waals surface area contributed by atoms with Crippen molar-refractivity contribution in [1.82, 2.24) is 10.3 Å². The number of nitrogens with zero attached hydrogens (tertiary/aromatic N) is 1. The summed E-state index contributed by atoms with van der Waals surface area (Å²) < 4.78 is 0.